The molecule has 1 aliphatic rings. The lowest BCUT2D eigenvalue weighted by Gasteiger charge is -2.22. The molecule has 0 aromatic heterocycles. The summed E-state index contributed by atoms with van der Waals surface area (Å²) >= 11 is 0. The summed E-state index contributed by atoms with van der Waals surface area (Å²) in [7, 11) is -2.18. The summed E-state index contributed by atoms with van der Waals surface area (Å²) in [5.41, 5.74) is 1.63. The Morgan fingerprint density at radius 2 is 1.90 bits per heavy atom. The second-order valence-electron chi connectivity index (χ2n) is 7.03. The molecule has 0 bridgehead atoms. The summed E-state index contributed by atoms with van der Waals surface area (Å²) in [5, 5.41) is 2.81. The van der Waals surface area contributed by atoms with E-state index in [9.17, 15) is 18.0 Å². The lowest BCUT2D eigenvalue weighted by molar-refractivity contribution is -0.127. The van der Waals surface area contributed by atoms with Gasteiger partial charge in [0.05, 0.1) is 10.6 Å². The first-order chi connectivity index (χ1) is 13.8. The average Bonchev–Trinajstić information content (AvgIpc) is 3.12. The predicted octanol–water partition coefficient (Wildman–Crippen LogP) is 2.17. The molecular formula is C21H25N3O4S. The highest BCUT2D eigenvalue weighted by atomic mass is 32.2. The topological polar surface area (TPSA) is 86.8 Å². The third-order valence-corrected chi connectivity index (χ3v) is 6.82. The lowest BCUT2D eigenvalue weighted by atomic mass is 10.1. The van der Waals surface area contributed by atoms with E-state index in [-0.39, 0.29) is 16.7 Å². The minimum Gasteiger partial charge on any atom is -0.350 e. The number of likely N-dealkylation sites (tertiary alicyclic amines) is 1. The number of hydrogen-bond donors (Lipinski definition) is 1. The van der Waals surface area contributed by atoms with Gasteiger partial charge in [0.1, 0.15) is 0 Å². The molecule has 0 radical (unpaired) electrons. The summed E-state index contributed by atoms with van der Waals surface area (Å²) in [6, 6.07) is 13.1. The van der Waals surface area contributed by atoms with Crippen LogP contribution in [0.4, 0.5) is 5.69 Å². The predicted molar refractivity (Wildman–Crippen MR) is 111 cm³/mol. The van der Waals surface area contributed by atoms with Crippen molar-refractivity contribution in [1.82, 2.24) is 10.2 Å². The maximum absolute atomic E-state index is 12.8. The molecule has 1 aliphatic heterocycles. The van der Waals surface area contributed by atoms with Gasteiger partial charge in [-0.25, -0.2) is 8.42 Å². The van der Waals surface area contributed by atoms with Gasteiger partial charge in [-0.2, -0.15) is 0 Å². The van der Waals surface area contributed by atoms with Crippen LogP contribution in [-0.2, 0) is 14.8 Å². The Hall–Kier alpha value is -2.87. The third-order valence-electron chi connectivity index (χ3n) is 5.04. The van der Waals surface area contributed by atoms with Crippen LogP contribution in [-0.4, -0.2) is 51.8 Å². The molecule has 1 fully saturated rings. The molecule has 0 spiro atoms. The van der Waals surface area contributed by atoms with Gasteiger partial charge in [-0.3, -0.25) is 13.9 Å². The SMILES string of the molecule is Cc1cc(C(=O)NCCN2CCCC2=O)ccc1N(C)S(=O)(=O)c1ccccc1. The summed E-state index contributed by atoms with van der Waals surface area (Å²) in [5.74, 6) is -0.123. The normalized spacial score (nSPS) is 14.1. The number of sulfonamides is 1. The molecule has 0 unspecified atom stereocenters. The lowest BCUT2D eigenvalue weighted by Crippen LogP contribution is -2.35. The zero-order valence-electron chi connectivity index (χ0n) is 16.6. The van der Waals surface area contributed by atoms with Crippen molar-refractivity contribution in [3.8, 4) is 0 Å². The van der Waals surface area contributed by atoms with E-state index >= 15 is 0 Å². The van der Waals surface area contributed by atoms with E-state index in [1.54, 1.807) is 60.4 Å². The van der Waals surface area contributed by atoms with Crippen molar-refractivity contribution in [2.45, 2.75) is 24.7 Å². The van der Waals surface area contributed by atoms with Crippen molar-refractivity contribution < 1.29 is 18.0 Å². The Balaban J connectivity index is 1.68. The molecule has 7 nitrogen and oxygen atoms in total. The Bertz CT molecular complexity index is 1010. The van der Waals surface area contributed by atoms with Crippen LogP contribution >= 0.6 is 0 Å². The van der Waals surface area contributed by atoms with Crippen molar-refractivity contribution in [2.24, 2.45) is 0 Å². The fourth-order valence-corrected chi connectivity index (χ4v) is 4.66. The van der Waals surface area contributed by atoms with Crippen LogP contribution in [0.2, 0.25) is 0 Å². The maximum Gasteiger partial charge on any atom is 0.264 e. The number of benzene rings is 2. The highest BCUT2D eigenvalue weighted by Gasteiger charge is 2.23. The number of carbonyl (C=O) groups is 2. The van der Waals surface area contributed by atoms with Gasteiger partial charge in [0.2, 0.25) is 5.91 Å². The molecule has 3 rings (SSSR count). The Kier molecular flexibility index (Phi) is 6.22. The van der Waals surface area contributed by atoms with Crippen molar-refractivity contribution in [3.63, 3.8) is 0 Å². The van der Waals surface area contributed by atoms with Crippen molar-refractivity contribution >= 4 is 27.5 Å². The Morgan fingerprint density at radius 3 is 2.52 bits per heavy atom. The van der Waals surface area contributed by atoms with Gasteiger partial charge >= 0.3 is 0 Å². The second kappa shape index (κ2) is 8.65. The van der Waals surface area contributed by atoms with E-state index in [1.165, 1.54) is 11.4 Å². The number of aryl methyl sites for hydroxylation is 1. The van der Waals surface area contributed by atoms with Crippen LogP contribution in [0.25, 0.3) is 0 Å². The van der Waals surface area contributed by atoms with Crippen LogP contribution in [0, 0.1) is 6.92 Å². The highest BCUT2D eigenvalue weighted by Crippen LogP contribution is 2.26. The highest BCUT2D eigenvalue weighted by molar-refractivity contribution is 7.92. The number of anilines is 1. The summed E-state index contributed by atoms with van der Waals surface area (Å²) in [6.45, 7) is 3.39. The molecule has 2 aromatic rings. The van der Waals surface area contributed by atoms with Crippen LogP contribution in [0.15, 0.2) is 53.4 Å². The standard InChI is InChI=1S/C21H25N3O4S/c1-16-15-17(21(26)22-12-14-24-13-6-9-20(24)25)10-11-19(16)23(2)29(27,28)18-7-4-3-5-8-18/h3-5,7-8,10-11,15H,6,9,12-14H2,1-2H3,(H,22,26). The molecule has 0 atom stereocenters. The zero-order valence-corrected chi connectivity index (χ0v) is 17.4. The first-order valence-corrected chi connectivity index (χ1v) is 11.0. The van der Waals surface area contributed by atoms with Gasteiger partial charge in [0.25, 0.3) is 15.9 Å². The smallest absolute Gasteiger partial charge is 0.264 e. The third kappa shape index (κ3) is 4.59. The van der Waals surface area contributed by atoms with E-state index in [0.29, 0.717) is 36.3 Å². The number of carbonyl (C=O) groups excluding carboxylic acids is 2. The van der Waals surface area contributed by atoms with Crippen molar-refractivity contribution in [1.29, 1.82) is 0 Å². The van der Waals surface area contributed by atoms with Crippen LogP contribution in [0.5, 0.6) is 0 Å². The molecule has 8 heteroatoms. The number of nitrogens with zero attached hydrogens (tertiary/aromatic N) is 2. The first kappa shape index (κ1) is 20.9. The minimum atomic E-state index is -3.68. The fraction of sp³-hybridized carbons (Fsp3) is 0.333. The first-order valence-electron chi connectivity index (χ1n) is 9.51. The maximum atomic E-state index is 12.8. The van der Waals surface area contributed by atoms with E-state index in [0.717, 1.165) is 13.0 Å². The molecule has 29 heavy (non-hydrogen) atoms. The van der Waals surface area contributed by atoms with Gasteiger partial charge in [-0.1, -0.05) is 18.2 Å². The van der Waals surface area contributed by atoms with Gasteiger partial charge < -0.3 is 10.2 Å². The van der Waals surface area contributed by atoms with E-state index in [1.807, 2.05) is 0 Å². The van der Waals surface area contributed by atoms with Crippen molar-refractivity contribution in [3.05, 3.63) is 59.7 Å². The largest absolute Gasteiger partial charge is 0.350 e. The molecule has 0 saturated carbocycles. The van der Waals surface area contributed by atoms with E-state index < -0.39 is 10.0 Å². The molecule has 0 aliphatic carbocycles. The van der Waals surface area contributed by atoms with Crippen LogP contribution in [0.3, 0.4) is 0 Å². The molecular weight excluding hydrogens is 390 g/mol. The number of nitrogens with one attached hydrogen (secondary N) is 1. The second-order valence-corrected chi connectivity index (χ2v) is 9.00. The number of rotatable bonds is 7. The molecule has 1 N–H and O–H groups in total. The fourth-order valence-electron chi connectivity index (χ4n) is 3.38. The molecule has 1 heterocycles. The Morgan fingerprint density at radius 1 is 1.17 bits per heavy atom. The van der Waals surface area contributed by atoms with E-state index in [2.05, 4.69) is 5.32 Å². The van der Waals surface area contributed by atoms with Gasteiger partial charge in [0.15, 0.2) is 0 Å². The number of amides is 2. The summed E-state index contributed by atoms with van der Waals surface area (Å²) in [6.07, 6.45) is 1.45. The molecule has 154 valence electrons. The van der Waals surface area contributed by atoms with Gasteiger partial charge in [-0.15, -0.1) is 0 Å². The summed E-state index contributed by atoms with van der Waals surface area (Å²) in [4.78, 5) is 26.0. The average molecular weight is 416 g/mol. The molecule has 2 aromatic carbocycles. The van der Waals surface area contributed by atoms with Crippen LogP contribution < -0.4 is 9.62 Å². The zero-order chi connectivity index (χ0) is 21.0. The van der Waals surface area contributed by atoms with Gasteiger partial charge in [-0.05, 0) is 49.2 Å². The number of hydrogen-bond acceptors (Lipinski definition) is 4. The van der Waals surface area contributed by atoms with Gasteiger partial charge in [0, 0.05) is 38.7 Å². The van der Waals surface area contributed by atoms with E-state index in [4.69, 9.17) is 0 Å². The minimum absolute atomic E-state index is 0.127. The Labute approximate surface area is 171 Å². The quantitative estimate of drug-likeness (QED) is 0.751. The van der Waals surface area contributed by atoms with Crippen LogP contribution in [0.1, 0.15) is 28.8 Å². The van der Waals surface area contributed by atoms with Crippen molar-refractivity contribution in [2.75, 3.05) is 31.0 Å². The summed E-state index contributed by atoms with van der Waals surface area (Å²) < 4.78 is 26.8. The molecule has 2 amide bonds. The molecule has 1 saturated heterocycles. The monoisotopic (exact) mass is 415 g/mol.